The van der Waals surface area contributed by atoms with Gasteiger partial charge >= 0.3 is 12.2 Å². The third-order valence-electron chi connectivity index (χ3n) is 8.13. The molecule has 0 bridgehead atoms. The summed E-state index contributed by atoms with van der Waals surface area (Å²) in [5, 5.41) is 16.6. The number of nitrogens with zero attached hydrogens (tertiary/aromatic N) is 6. The molecule has 3 aromatic rings. The molecule has 0 radical (unpaired) electrons. The number of alkyl halides is 5. The highest BCUT2D eigenvalue weighted by molar-refractivity contribution is 5.93. The van der Waals surface area contributed by atoms with E-state index in [1.54, 1.807) is 0 Å². The van der Waals surface area contributed by atoms with E-state index >= 15 is 0 Å². The van der Waals surface area contributed by atoms with Crippen molar-refractivity contribution in [2.24, 2.45) is 5.41 Å². The van der Waals surface area contributed by atoms with Gasteiger partial charge in [-0.1, -0.05) is 19.0 Å². The second-order valence-corrected chi connectivity index (χ2v) is 12.3. The van der Waals surface area contributed by atoms with E-state index in [9.17, 15) is 31.5 Å². The van der Waals surface area contributed by atoms with Crippen LogP contribution >= 0.6 is 0 Å². The maximum Gasteiger partial charge on any atom is 0.394 e. The first-order chi connectivity index (χ1) is 20.7. The van der Waals surface area contributed by atoms with Crippen molar-refractivity contribution in [1.29, 1.82) is 0 Å². The Morgan fingerprint density at radius 3 is 2.66 bits per heavy atom. The molecule has 6 rings (SSSR count). The highest BCUT2D eigenvalue weighted by Crippen LogP contribution is 2.44. The molecule has 44 heavy (non-hydrogen) atoms. The largest absolute Gasteiger partial charge is 0.394 e. The van der Waals surface area contributed by atoms with Crippen molar-refractivity contribution in [1.82, 2.24) is 40.4 Å². The fourth-order valence-corrected chi connectivity index (χ4v) is 5.08. The number of rotatable bonds is 11. The summed E-state index contributed by atoms with van der Waals surface area (Å²) in [6, 6.07) is -1.33. The number of amides is 3. The Balaban J connectivity index is 1.32. The number of hydrogen-bond acceptors (Lipinski definition) is 8. The summed E-state index contributed by atoms with van der Waals surface area (Å²) in [4.78, 5) is 31.3. The molecule has 0 spiro atoms. The van der Waals surface area contributed by atoms with Gasteiger partial charge < -0.3 is 20.3 Å². The van der Waals surface area contributed by atoms with Gasteiger partial charge in [-0.3, -0.25) is 4.79 Å². The molecule has 2 aliphatic carbocycles. The molecular weight excluding hydrogens is 595 g/mol. The van der Waals surface area contributed by atoms with Crippen molar-refractivity contribution in [2.45, 2.75) is 82.2 Å². The van der Waals surface area contributed by atoms with Crippen LogP contribution in [0, 0.1) is 5.41 Å². The fourth-order valence-electron chi connectivity index (χ4n) is 5.08. The highest BCUT2D eigenvalue weighted by atomic mass is 19.4. The van der Waals surface area contributed by atoms with Gasteiger partial charge in [0, 0.05) is 11.5 Å². The number of carbonyl (C=O) groups excluding carboxylic acids is 2. The van der Waals surface area contributed by atoms with Crippen molar-refractivity contribution in [3.63, 3.8) is 0 Å². The number of ether oxygens (including phenoxy) is 1. The molecule has 3 amide bonds. The lowest BCUT2D eigenvalue weighted by molar-refractivity contribution is -0.215. The van der Waals surface area contributed by atoms with Crippen LogP contribution in [0.5, 0.6) is 0 Å². The van der Waals surface area contributed by atoms with E-state index in [0.29, 0.717) is 11.3 Å². The van der Waals surface area contributed by atoms with E-state index in [1.165, 1.54) is 23.0 Å². The predicted molar refractivity (Wildman–Crippen MR) is 141 cm³/mol. The molecule has 17 heteroatoms. The first kappa shape index (κ1) is 30.1. The topological polar surface area (TPSA) is 140 Å². The van der Waals surface area contributed by atoms with Crippen LogP contribution in [0.1, 0.15) is 91.4 Å². The average Bonchev–Trinajstić information content (AvgIpc) is 3.87. The Labute approximate surface area is 247 Å². The Morgan fingerprint density at radius 1 is 1.23 bits per heavy atom. The minimum absolute atomic E-state index is 0.00339. The highest BCUT2D eigenvalue weighted by Gasteiger charge is 2.49. The predicted octanol–water partition coefficient (Wildman–Crippen LogP) is 4.32. The summed E-state index contributed by atoms with van der Waals surface area (Å²) >= 11 is 0. The molecule has 3 fully saturated rings. The van der Waals surface area contributed by atoms with Crippen molar-refractivity contribution in [2.75, 3.05) is 19.7 Å². The number of nitrogens with one attached hydrogen (secondary N) is 2. The van der Waals surface area contributed by atoms with Gasteiger partial charge in [0.2, 0.25) is 0 Å². The SMILES string of the molecule is CC(C)(CC(NC(=O)c1nonc1C1CC1)c1cn2ncc(C(COC3CC3)N3CC(F)(F)CNC3=O)cc2n1)C(F)(F)F. The number of hydrogen-bond donors (Lipinski definition) is 2. The van der Waals surface area contributed by atoms with Crippen LogP contribution in [0.3, 0.4) is 0 Å². The van der Waals surface area contributed by atoms with E-state index < -0.39 is 61.0 Å². The summed E-state index contributed by atoms with van der Waals surface area (Å²) in [7, 11) is 0. The van der Waals surface area contributed by atoms with Crippen LogP contribution in [0.2, 0.25) is 0 Å². The van der Waals surface area contributed by atoms with E-state index in [0.717, 1.165) is 44.4 Å². The van der Waals surface area contributed by atoms with Crippen molar-refractivity contribution in [3.8, 4) is 0 Å². The van der Waals surface area contributed by atoms with Gasteiger partial charge in [0.1, 0.15) is 5.69 Å². The average molecular weight is 627 g/mol. The van der Waals surface area contributed by atoms with E-state index in [-0.39, 0.29) is 35.7 Å². The van der Waals surface area contributed by atoms with Crippen LogP contribution < -0.4 is 10.6 Å². The van der Waals surface area contributed by atoms with Gasteiger partial charge in [-0.25, -0.2) is 27.7 Å². The number of fused-ring (bicyclic) bond motifs is 1. The maximum atomic E-state index is 14.3. The monoisotopic (exact) mass is 626 g/mol. The number of urea groups is 1. The van der Waals surface area contributed by atoms with Gasteiger partial charge in [0.15, 0.2) is 11.3 Å². The van der Waals surface area contributed by atoms with Crippen LogP contribution in [0.25, 0.3) is 5.65 Å². The number of carbonyl (C=O) groups is 2. The Hall–Kier alpha value is -3.89. The molecule has 3 aliphatic rings. The number of halogens is 5. The standard InChI is InChI=1S/C27H31F5N8O4/c1-25(2,27(30,31)32)8-17(36-23(41)22-21(14-3-4-14)37-44-38-22)18-10-40-20(35-18)7-15(9-34-40)19(11-43-16-5-6-16)39-13-26(28,29)12-33-24(39)42/h7,9-10,14,16-17,19H,3-6,8,11-13H2,1-2H3,(H,33,42)(H,36,41). The van der Waals surface area contributed by atoms with Crippen molar-refractivity contribution < 1.29 is 40.9 Å². The van der Waals surface area contributed by atoms with Gasteiger partial charge in [-0.15, -0.1) is 0 Å². The third-order valence-corrected chi connectivity index (χ3v) is 8.13. The second kappa shape index (κ2) is 10.9. The molecule has 1 aliphatic heterocycles. The molecule has 12 nitrogen and oxygen atoms in total. The molecule has 1 saturated heterocycles. The minimum Gasteiger partial charge on any atom is -0.376 e. The molecule has 2 saturated carbocycles. The van der Waals surface area contributed by atoms with Crippen LogP contribution in [-0.4, -0.2) is 79.6 Å². The minimum atomic E-state index is -4.60. The summed E-state index contributed by atoms with van der Waals surface area (Å²) in [6.07, 6.45) is 0.805. The zero-order valence-corrected chi connectivity index (χ0v) is 23.9. The number of aromatic nitrogens is 5. The summed E-state index contributed by atoms with van der Waals surface area (Å²) in [5.74, 6) is -3.92. The first-order valence-electron chi connectivity index (χ1n) is 14.3. The fraction of sp³-hybridized carbons (Fsp3) is 0.630. The van der Waals surface area contributed by atoms with E-state index in [2.05, 4.69) is 31.0 Å². The summed E-state index contributed by atoms with van der Waals surface area (Å²) in [6.45, 7) is 0.369. The van der Waals surface area contributed by atoms with Gasteiger partial charge in [-0.2, -0.15) is 18.3 Å². The first-order valence-corrected chi connectivity index (χ1v) is 14.3. The second-order valence-electron chi connectivity index (χ2n) is 12.3. The smallest absolute Gasteiger partial charge is 0.376 e. The molecular formula is C27H31F5N8O4. The molecule has 0 aromatic carbocycles. The van der Waals surface area contributed by atoms with Gasteiger partial charge in [0.25, 0.3) is 11.8 Å². The molecule has 3 aromatic heterocycles. The zero-order valence-electron chi connectivity index (χ0n) is 23.9. The van der Waals surface area contributed by atoms with E-state index in [4.69, 9.17) is 9.37 Å². The third kappa shape index (κ3) is 6.32. The van der Waals surface area contributed by atoms with E-state index in [1.807, 2.05) is 0 Å². The Bertz CT molecular complexity index is 1550. The number of imidazole rings is 1. The molecule has 2 N–H and O–H groups in total. The van der Waals surface area contributed by atoms with Gasteiger partial charge in [-0.05, 0) is 43.3 Å². The summed E-state index contributed by atoms with van der Waals surface area (Å²) < 4.78 is 82.3. The molecule has 2 atom stereocenters. The van der Waals surface area contributed by atoms with Crippen molar-refractivity contribution in [3.05, 3.63) is 41.1 Å². The molecule has 2 unspecified atom stereocenters. The van der Waals surface area contributed by atoms with Gasteiger partial charge in [0.05, 0.1) is 61.4 Å². The Kier molecular flexibility index (Phi) is 7.49. The van der Waals surface area contributed by atoms with Crippen LogP contribution in [0.15, 0.2) is 23.1 Å². The van der Waals surface area contributed by atoms with Crippen LogP contribution in [0.4, 0.5) is 26.7 Å². The maximum absolute atomic E-state index is 14.3. The quantitative estimate of drug-likeness (QED) is 0.300. The Morgan fingerprint density at radius 2 is 1.98 bits per heavy atom. The zero-order chi connectivity index (χ0) is 31.4. The normalized spacial score (nSPS) is 20.4. The van der Waals surface area contributed by atoms with Crippen LogP contribution in [-0.2, 0) is 4.74 Å². The lowest BCUT2D eigenvalue weighted by atomic mass is 9.84. The lowest BCUT2D eigenvalue weighted by Gasteiger charge is -2.38. The molecule has 238 valence electrons. The summed E-state index contributed by atoms with van der Waals surface area (Å²) in [5.41, 5.74) is -1.37. The lowest BCUT2D eigenvalue weighted by Crippen LogP contribution is -2.58. The molecule has 4 heterocycles. The van der Waals surface area contributed by atoms with Crippen molar-refractivity contribution >= 4 is 17.6 Å².